The van der Waals surface area contributed by atoms with Crippen LogP contribution in [0.3, 0.4) is 0 Å². The van der Waals surface area contributed by atoms with Gasteiger partial charge in [-0.25, -0.2) is 0 Å². The molecule has 1 fully saturated rings. The Morgan fingerprint density at radius 2 is 1.86 bits per heavy atom. The minimum absolute atomic E-state index is 0.0308. The molecule has 2 nitrogen and oxygen atoms in total. The number of ketones is 2. The van der Waals surface area contributed by atoms with Gasteiger partial charge in [-0.05, 0) is 30.4 Å². The highest BCUT2D eigenvalue weighted by atomic mass is 19.4. The number of allylic oxidation sites excluding steroid dienone is 3. The van der Waals surface area contributed by atoms with E-state index < -0.39 is 23.7 Å². The molecule has 116 valence electrons. The minimum atomic E-state index is -4.96. The number of halogens is 3. The van der Waals surface area contributed by atoms with Crippen molar-refractivity contribution in [2.75, 3.05) is 0 Å². The molecule has 1 aromatic carbocycles. The predicted octanol–water partition coefficient (Wildman–Crippen LogP) is 4.13. The molecule has 0 aliphatic heterocycles. The molecular weight excluding hydrogens is 293 g/mol. The smallest absolute Gasteiger partial charge is 0.294 e. The Labute approximate surface area is 126 Å². The number of hydrogen-bond acceptors (Lipinski definition) is 2. The molecule has 1 aromatic rings. The normalized spacial score (nSPS) is 21.5. The fourth-order valence-electron chi connectivity index (χ4n) is 2.43. The molecule has 1 saturated carbocycles. The largest absolute Gasteiger partial charge is 0.450 e. The number of carbonyl (C=O) groups excluding carboxylic acids is 2. The molecule has 5 heteroatoms. The predicted molar refractivity (Wildman–Crippen MR) is 77.0 cm³/mol. The highest BCUT2D eigenvalue weighted by Gasteiger charge is 2.47. The highest BCUT2D eigenvalue weighted by molar-refractivity contribution is 6.12. The van der Waals surface area contributed by atoms with Gasteiger partial charge in [-0.2, -0.15) is 13.2 Å². The van der Waals surface area contributed by atoms with Crippen LogP contribution in [0.5, 0.6) is 0 Å². The summed E-state index contributed by atoms with van der Waals surface area (Å²) in [7, 11) is 0. The van der Waals surface area contributed by atoms with Crippen LogP contribution in [0.25, 0.3) is 6.08 Å². The van der Waals surface area contributed by atoms with Gasteiger partial charge in [0.15, 0.2) is 5.78 Å². The molecule has 1 aliphatic carbocycles. The molecule has 0 saturated heterocycles. The molecule has 0 heterocycles. The van der Waals surface area contributed by atoms with Crippen molar-refractivity contribution >= 4 is 17.6 Å². The van der Waals surface area contributed by atoms with E-state index in [9.17, 15) is 22.8 Å². The van der Waals surface area contributed by atoms with Gasteiger partial charge < -0.3 is 0 Å². The second-order valence-electron chi connectivity index (χ2n) is 5.13. The first kappa shape index (κ1) is 16.2. The van der Waals surface area contributed by atoms with Crippen LogP contribution in [0.15, 0.2) is 48.1 Å². The first-order valence-electron chi connectivity index (χ1n) is 6.97. The SMILES string of the molecule is O=C1/C(=C/C=C/c2ccccc2)CCCC1C(=O)C(F)(F)F. The number of Topliss-reactive ketones (excluding diaryl/α,β-unsaturated/α-hetero) is 2. The van der Waals surface area contributed by atoms with Gasteiger partial charge in [-0.3, -0.25) is 9.59 Å². The van der Waals surface area contributed by atoms with Crippen molar-refractivity contribution in [2.24, 2.45) is 5.92 Å². The Bertz CT molecular complexity index is 613. The van der Waals surface area contributed by atoms with Crippen molar-refractivity contribution in [2.45, 2.75) is 25.4 Å². The van der Waals surface area contributed by atoms with E-state index in [0.29, 0.717) is 12.8 Å². The van der Waals surface area contributed by atoms with E-state index in [2.05, 4.69) is 0 Å². The Morgan fingerprint density at radius 1 is 1.18 bits per heavy atom. The maximum atomic E-state index is 12.5. The second kappa shape index (κ2) is 6.73. The van der Waals surface area contributed by atoms with Gasteiger partial charge in [0, 0.05) is 0 Å². The Hall–Kier alpha value is -2.17. The standard InChI is InChI=1S/C17H15F3O2/c18-17(19,20)16(22)14-11-5-10-13(15(14)21)9-4-8-12-6-2-1-3-7-12/h1-4,6-9,14H,5,10-11H2/b8-4+,13-9+. The van der Waals surface area contributed by atoms with Gasteiger partial charge in [0.1, 0.15) is 0 Å². The summed E-state index contributed by atoms with van der Waals surface area (Å²) in [6.07, 6.45) is 0.714. The molecule has 1 atom stereocenters. The molecule has 0 spiro atoms. The topological polar surface area (TPSA) is 34.1 Å². The average Bonchev–Trinajstić information content (AvgIpc) is 2.48. The first-order valence-corrected chi connectivity index (χ1v) is 6.97. The quantitative estimate of drug-likeness (QED) is 0.621. The molecule has 0 aromatic heterocycles. The molecule has 0 amide bonds. The molecular formula is C17H15F3O2. The van der Waals surface area contributed by atoms with Crippen LogP contribution in [0.4, 0.5) is 13.2 Å². The van der Waals surface area contributed by atoms with E-state index in [4.69, 9.17) is 0 Å². The lowest BCUT2D eigenvalue weighted by Gasteiger charge is -2.22. The van der Waals surface area contributed by atoms with Crippen molar-refractivity contribution in [3.63, 3.8) is 0 Å². The van der Waals surface area contributed by atoms with Crippen LogP contribution in [0.2, 0.25) is 0 Å². The maximum absolute atomic E-state index is 12.5. The maximum Gasteiger partial charge on any atom is 0.450 e. The van der Waals surface area contributed by atoms with Crippen molar-refractivity contribution in [1.82, 2.24) is 0 Å². The summed E-state index contributed by atoms with van der Waals surface area (Å²) in [6.45, 7) is 0. The number of carbonyl (C=O) groups is 2. The number of rotatable bonds is 3. The van der Waals surface area contributed by atoms with Crippen LogP contribution in [-0.4, -0.2) is 17.7 Å². The van der Waals surface area contributed by atoms with Crippen LogP contribution < -0.4 is 0 Å². The zero-order valence-electron chi connectivity index (χ0n) is 11.8. The van der Waals surface area contributed by atoms with E-state index in [1.807, 2.05) is 30.3 Å². The molecule has 1 aliphatic rings. The summed E-state index contributed by atoms with van der Waals surface area (Å²) in [4.78, 5) is 23.3. The fraction of sp³-hybridized carbons (Fsp3) is 0.294. The third-order valence-electron chi connectivity index (χ3n) is 3.55. The van der Waals surface area contributed by atoms with Gasteiger partial charge in [-0.15, -0.1) is 0 Å². The monoisotopic (exact) mass is 308 g/mol. The van der Waals surface area contributed by atoms with Crippen LogP contribution >= 0.6 is 0 Å². The summed E-state index contributed by atoms with van der Waals surface area (Å²) >= 11 is 0. The average molecular weight is 308 g/mol. The van der Waals surface area contributed by atoms with Crippen LogP contribution in [-0.2, 0) is 9.59 Å². The molecule has 0 N–H and O–H groups in total. The van der Waals surface area contributed by atoms with Crippen molar-refractivity contribution < 1.29 is 22.8 Å². The minimum Gasteiger partial charge on any atom is -0.294 e. The second-order valence-corrected chi connectivity index (χ2v) is 5.13. The van der Waals surface area contributed by atoms with Crippen molar-refractivity contribution in [3.05, 3.63) is 53.6 Å². The summed E-state index contributed by atoms with van der Waals surface area (Å²) in [5.74, 6) is -4.22. The van der Waals surface area contributed by atoms with Crippen LogP contribution in [0, 0.1) is 5.92 Å². The number of hydrogen-bond donors (Lipinski definition) is 0. The van der Waals surface area contributed by atoms with Gasteiger partial charge >= 0.3 is 6.18 Å². The van der Waals surface area contributed by atoms with Crippen molar-refractivity contribution in [3.8, 4) is 0 Å². The Morgan fingerprint density at radius 3 is 2.50 bits per heavy atom. The number of alkyl halides is 3. The summed E-state index contributed by atoms with van der Waals surface area (Å²) in [6, 6.07) is 9.32. The first-order chi connectivity index (χ1) is 10.4. The summed E-state index contributed by atoms with van der Waals surface area (Å²) < 4.78 is 37.4. The van der Waals surface area contributed by atoms with E-state index in [1.54, 1.807) is 12.2 Å². The van der Waals surface area contributed by atoms with Crippen molar-refractivity contribution in [1.29, 1.82) is 0 Å². The molecule has 1 unspecified atom stereocenters. The third kappa shape index (κ3) is 3.93. The van der Waals surface area contributed by atoms with Gasteiger partial charge in [-0.1, -0.05) is 48.6 Å². The lowest BCUT2D eigenvalue weighted by atomic mass is 9.81. The zero-order valence-corrected chi connectivity index (χ0v) is 11.8. The lowest BCUT2D eigenvalue weighted by Crippen LogP contribution is -2.37. The number of benzene rings is 1. The Kier molecular flexibility index (Phi) is 4.96. The third-order valence-corrected chi connectivity index (χ3v) is 3.55. The Balaban J connectivity index is 2.11. The van der Waals surface area contributed by atoms with E-state index in [1.165, 1.54) is 6.08 Å². The van der Waals surface area contributed by atoms with Gasteiger partial charge in [0.05, 0.1) is 5.92 Å². The van der Waals surface area contributed by atoms with E-state index in [-0.39, 0.29) is 12.0 Å². The molecule has 0 bridgehead atoms. The summed E-state index contributed by atoms with van der Waals surface area (Å²) in [5.41, 5.74) is 1.20. The fourth-order valence-corrected chi connectivity index (χ4v) is 2.43. The molecule has 0 radical (unpaired) electrons. The highest BCUT2D eigenvalue weighted by Crippen LogP contribution is 2.31. The molecule has 22 heavy (non-hydrogen) atoms. The molecule has 2 rings (SSSR count). The van der Waals surface area contributed by atoms with Gasteiger partial charge in [0.25, 0.3) is 0 Å². The zero-order chi connectivity index (χ0) is 16.2. The summed E-state index contributed by atoms with van der Waals surface area (Å²) in [5, 5.41) is 0. The lowest BCUT2D eigenvalue weighted by molar-refractivity contribution is -0.177. The van der Waals surface area contributed by atoms with Crippen LogP contribution in [0.1, 0.15) is 24.8 Å². The van der Waals surface area contributed by atoms with E-state index in [0.717, 1.165) is 5.56 Å². The van der Waals surface area contributed by atoms with E-state index >= 15 is 0 Å². The van der Waals surface area contributed by atoms with Gasteiger partial charge in [0.2, 0.25) is 5.78 Å².